The number of carbonyl (C=O) groups excluding carboxylic acids is 1. The Morgan fingerprint density at radius 3 is 2.73 bits per heavy atom. The van der Waals surface area contributed by atoms with E-state index in [4.69, 9.17) is 0 Å². The summed E-state index contributed by atoms with van der Waals surface area (Å²) < 4.78 is 13.5. The number of aromatic nitrogens is 1. The van der Waals surface area contributed by atoms with E-state index in [-0.39, 0.29) is 11.7 Å². The van der Waals surface area contributed by atoms with Crippen LogP contribution in [0.25, 0.3) is 9.88 Å². The van der Waals surface area contributed by atoms with Gasteiger partial charge in [-0.3, -0.25) is 4.79 Å². The fourth-order valence-electron chi connectivity index (χ4n) is 2.47. The molecule has 4 nitrogen and oxygen atoms in total. The summed E-state index contributed by atoms with van der Waals surface area (Å²) >= 11 is 3.00. The molecule has 0 aliphatic heterocycles. The quantitative estimate of drug-likeness (QED) is 0.607. The highest BCUT2D eigenvalue weighted by molar-refractivity contribution is 7.21. The summed E-state index contributed by atoms with van der Waals surface area (Å²) in [4.78, 5) is 22.8. The lowest BCUT2D eigenvalue weighted by Gasteiger charge is -2.24. The van der Waals surface area contributed by atoms with Crippen molar-refractivity contribution < 1.29 is 9.18 Å². The molecule has 0 atom stereocenters. The Morgan fingerprint density at radius 1 is 1.19 bits per heavy atom. The minimum atomic E-state index is -0.291. The highest BCUT2D eigenvalue weighted by Crippen LogP contribution is 2.29. The zero-order valence-electron chi connectivity index (χ0n) is 14.7. The lowest BCUT2D eigenvalue weighted by molar-refractivity contribution is 0.0736. The van der Waals surface area contributed by atoms with Crippen molar-refractivity contribution in [2.24, 2.45) is 0 Å². The van der Waals surface area contributed by atoms with Gasteiger partial charge in [0.2, 0.25) is 0 Å². The van der Waals surface area contributed by atoms with Crippen LogP contribution < -0.4 is 0 Å². The molecular weight excluding hydrogens is 369 g/mol. The van der Waals surface area contributed by atoms with E-state index in [1.165, 1.54) is 23.5 Å². The van der Waals surface area contributed by atoms with Gasteiger partial charge in [0.25, 0.3) is 5.91 Å². The van der Waals surface area contributed by atoms with Gasteiger partial charge < -0.3 is 9.80 Å². The topological polar surface area (TPSA) is 36.4 Å². The Hall–Kier alpha value is -2.09. The Bertz CT molecular complexity index is 861. The summed E-state index contributed by atoms with van der Waals surface area (Å²) in [7, 11) is 3.93. The van der Waals surface area contributed by atoms with Gasteiger partial charge in [-0.05, 0) is 43.2 Å². The van der Waals surface area contributed by atoms with Crippen molar-refractivity contribution in [2.45, 2.75) is 6.54 Å². The zero-order valence-corrected chi connectivity index (χ0v) is 16.3. The number of likely N-dealkylation sites (N-methyl/N-ethyl adjacent to an activating group) is 1. The van der Waals surface area contributed by atoms with Gasteiger partial charge in [0.15, 0.2) is 0 Å². The van der Waals surface area contributed by atoms with Gasteiger partial charge in [0.1, 0.15) is 15.7 Å². The number of thiazole rings is 1. The first kappa shape index (κ1) is 18.7. The molecule has 0 saturated heterocycles. The molecule has 0 fully saturated rings. The van der Waals surface area contributed by atoms with E-state index in [1.807, 2.05) is 42.6 Å². The molecule has 0 aliphatic rings. The van der Waals surface area contributed by atoms with E-state index in [9.17, 15) is 9.18 Å². The van der Waals surface area contributed by atoms with Crippen molar-refractivity contribution in [3.05, 3.63) is 64.2 Å². The van der Waals surface area contributed by atoms with Gasteiger partial charge in [-0.1, -0.05) is 18.2 Å². The molecule has 0 unspecified atom stereocenters. The van der Waals surface area contributed by atoms with E-state index >= 15 is 0 Å². The summed E-state index contributed by atoms with van der Waals surface area (Å²) in [6.45, 7) is 1.67. The Morgan fingerprint density at radius 2 is 2.04 bits per heavy atom. The smallest absolute Gasteiger partial charge is 0.265 e. The lowest BCUT2D eigenvalue weighted by atomic mass is 10.2. The first-order chi connectivity index (χ1) is 12.5. The second kappa shape index (κ2) is 8.53. The third-order valence-corrected chi connectivity index (χ3v) is 5.84. The molecule has 0 spiro atoms. The molecule has 2 heterocycles. The molecule has 0 N–H and O–H groups in total. The van der Waals surface area contributed by atoms with Crippen LogP contribution in [-0.4, -0.2) is 47.9 Å². The summed E-state index contributed by atoms with van der Waals surface area (Å²) in [5, 5.41) is 2.84. The van der Waals surface area contributed by atoms with Crippen molar-refractivity contribution in [3.63, 3.8) is 0 Å². The zero-order chi connectivity index (χ0) is 18.5. The monoisotopic (exact) mass is 389 g/mol. The van der Waals surface area contributed by atoms with Gasteiger partial charge in [0.05, 0.1) is 11.1 Å². The molecule has 3 aromatic rings. The SMILES string of the molecule is CN(C)CCN(Cc1cccc(F)c1)C(=O)c1cnc(-c2cccs2)s1. The van der Waals surface area contributed by atoms with Crippen molar-refractivity contribution in [2.75, 3.05) is 27.2 Å². The van der Waals surface area contributed by atoms with Crippen molar-refractivity contribution in [3.8, 4) is 9.88 Å². The summed E-state index contributed by atoms with van der Waals surface area (Å²) in [5.41, 5.74) is 0.778. The van der Waals surface area contributed by atoms with E-state index in [1.54, 1.807) is 28.5 Å². The van der Waals surface area contributed by atoms with E-state index in [0.29, 0.717) is 18.0 Å². The number of amides is 1. The Labute approximate surface area is 160 Å². The highest BCUT2D eigenvalue weighted by Gasteiger charge is 2.20. The maximum atomic E-state index is 13.5. The average Bonchev–Trinajstić information content (AvgIpc) is 3.28. The minimum Gasteiger partial charge on any atom is -0.332 e. The molecule has 26 heavy (non-hydrogen) atoms. The van der Waals surface area contributed by atoms with Crippen LogP contribution in [0.1, 0.15) is 15.2 Å². The van der Waals surface area contributed by atoms with Crippen molar-refractivity contribution >= 4 is 28.6 Å². The average molecular weight is 390 g/mol. The molecule has 0 radical (unpaired) electrons. The number of hydrogen-bond donors (Lipinski definition) is 0. The maximum absolute atomic E-state index is 13.5. The fourth-order valence-corrected chi connectivity index (χ4v) is 4.16. The van der Waals surface area contributed by atoms with Crippen molar-refractivity contribution in [1.29, 1.82) is 0 Å². The number of thiophene rings is 1. The van der Waals surface area contributed by atoms with Crippen LogP contribution in [0.15, 0.2) is 48.0 Å². The largest absolute Gasteiger partial charge is 0.332 e. The predicted molar refractivity (Wildman–Crippen MR) is 105 cm³/mol. The van der Waals surface area contributed by atoms with Gasteiger partial charge >= 0.3 is 0 Å². The number of hydrogen-bond acceptors (Lipinski definition) is 5. The first-order valence-electron chi connectivity index (χ1n) is 8.21. The maximum Gasteiger partial charge on any atom is 0.265 e. The highest BCUT2D eigenvalue weighted by atomic mass is 32.1. The summed E-state index contributed by atoms with van der Waals surface area (Å²) in [6.07, 6.45) is 1.64. The molecule has 1 amide bonds. The second-order valence-electron chi connectivity index (χ2n) is 6.17. The third kappa shape index (κ3) is 4.75. The van der Waals surface area contributed by atoms with Crippen LogP contribution in [0.3, 0.4) is 0 Å². The lowest BCUT2D eigenvalue weighted by Crippen LogP contribution is -2.36. The van der Waals surface area contributed by atoms with Crippen molar-refractivity contribution in [1.82, 2.24) is 14.8 Å². The first-order valence-corrected chi connectivity index (χ1v) is 9.90. The predicted octanol–water partition coefficient (Wildman–Crippen LogP) is 4.21. The number of rotatable bonds is 7. The number of carbonyl (C=O) groups is 1. The summed E-state index contributed by atoms with van der Waals surface area (Å²) in [5.74, 6) is -0.364. The Balaban J connectivity index is 1.80. The van der Waals surface area contributed by atoms with Gasteiger partial charge in [0, 0.05) is 19.6 Å². The molecule has 2 aromatic heterocycles. The molecule has 7 heteroatoms. The number of nitrogens with zero attached hydrogens (tertiary/aromatic N) is 3. The summed E-state index contributed by atoms with van der Waals surface area (Å²) in [6, 6.07) is 10.3. The normalized spacial score (nSPS) is 11.1. The van der Waals surface area contributed by atoms with Crippen LogP contribution in [0.5, 0.6) is 0 Å². The molecule has 0 aliphatic carbocycles. The van der Waals surface area contributed by atoms with Gasteiger partial charge in [-0.2, -0.15) is 0 Å². The van der Waals surface area contributed by atoms with Gasteiger partial charge in [-0.25, -0.2) is 9.37 Å². The molecular formula is C19H20FN3OS2. The van der Waals surface area contributed by atoms with Crippen LogP contribution in [0.2, 0.25) is 0 Å². The van der Waals surface area contributed by atoms with Crippen LogP contribution in [0.4, 0.5) is 4.39 Å². The molecule has 1 aromatic carbocycles. The third-order valence-electron chi connectivity index (χ3n) is 3.82. The fraction of sp³-hybridized carbons (Fsp3) is 0.263. The van der Waals surface area contributed by atoms with E-state index in [0.717, 1.165) is 22.0 Å². The second-order valence-corrected chi connectivity index (χ2v) is 8.15. The van der Waals surface area contributed by atoms with Crippen LogP contribution in [0, 0.1) is 5.82 Å². The minimum absolute atomic E-state index is 0.0728. The molecule has 0 bridgehead atoms. The molecule has 136 valence electrons. The Kier molecular flexibility index (Phi) is 6.13. The molecule has 3 rings (SSSR count). The van der Waals surface area contributed by atoms with Crippen LogP contribution in [-0.2, 0) is 6.54 Å². The van der Waals surface area contributed by atoms with Crippen LogP contribution >= 0.6 is 22.7 Å². The standard InChI is InChI=1S/C19H20FN3OS2/c1-22(2)8-9-23(13-14-5-3-6-15(20)11-14)19(24)17-12-21-18(26-17)16-7-4-10-25-16/h3-7,10-12H,8-9,13H2,1-2H3. The van der Waals surface area contributed by atoms with Gasteiger partial charge in [-0.15, -0.1) is 22.7 Å². The number of halogens is 1. The molecule has 0 saturated carbocycles. The van der Waals surface area contributed by atoms with E-state index in [2.05, 4.69) is 4.98 Å². The van der Waals surface area contributed by atoms with E-state index < -0.39 is 0 Å². The number of benzene rings is 1.